The summed E-state index contributed by atoms with van der Waals surface area (Å²) < 4.78 is 5.78. The smallest absolute Gasteiger partial charge is 0.224 e. The molecule has 4 aromatic rings. The molecule has 0 atom stereocenters. The van der Waals surface area contributed by atoms with Crippen molar-refractivity contribution < 1.29 is 9.21 Å². The molecule has 28 heavy (non-hydrogen) atoms. The van der Waals surface area contributed by atoms with Crippen LogP contribution in [0.15, 0.2) is 76.5 Å². The second kappa shape index (κ2) is 8.23. The normalized spacial score (nSPS) is 10.8. The van der Waals surface area contributed by atoms with Gasteiger partial charge in [-0.1, -0.05) is 54.6 Å². The Hall–Kier alpha value is -3.18. The third-order valence-electron chi connectivity index (χ3n) is 4.42. The van der Waals surface area contributed by atoms with Crippen molar-refractivity contribution in [3.63, 3.8) is 0 Å². The summed E-state index contributed by atoms with van der Waals surface area (Å²) in [6.07, 6.45) is 0.341. The summed E-state index contributed by atoms with van der Waals surface area (Å²) in [5.74, 6) is 1.41. The van der Waals surface area contributed by atoms with Gasteiger partial charge in [-0.05, 0) is 35.7 Å². The number of nitrogens with zero attached hydrogens (tertiary/aromatic N) is 1. The SMILES string of the molecule is Cc1nc(-c2ccc(CNC(=O)Cc3ccc(-c4ccccc4)cc3)o2)cs1. The van der Waals surface area contributed by atoms with E-state index in [1.165, 1.54) is 5.56 Å². The Bertz CT molecular complexity index is 1070. The number of furan rings is 1. The van der Waals surface area contributed by atoms with Gasteiger partial charge in [0.05, 0.1) is 18.0 Å². The van der Waals surface area contributed by atoms with Gasteiger partial charge in [0.1, 0.15) is 11.5 Å². The monoisotopic (exact) mass is 388 g/mol. The molecular weight excluding hydrogens is 368 g/mol. The fourth-order valence-corrected chi connectivity index (χ4v) is 3.57. The lowest BCUT2D eigenvalue weighted by molar-refractivity contribution is -0.120. The Labute approximate surface area is 167 Å². The van der Waals surface area contributed by atoms with Crippen LogP contribution < -0.4 is 5.32 Å². The fourth-order valence-electron chi connectivity index (χ4n) is 2.97. The topological polar surface area (TPSA) is 55.1 Å². The zero-order valence-corrected chi connectivity index (χ0v) is 16.3. The minimum Gasteiger partial charge on any atom is -0.458 e. The molecule has 0 unspecified atom stereocenters. The molecule has 0 spiro atoms. The molecule has 0 aliphatic carbocycles. The number of nitrogens with one attached hydrogen (secondary N) is 1. The van der Waals surface area contributed by atoms with Gasteiger partial charge in [0.2, 0.25) is 5.91 Å². The van der Waals surface area contributed by atoms with E-state index in [4.69, 9.17) is 4.42 Å². The third kappa shape index (κ3) is 4.38. The van der Waals surface area contributed by atoms with Crippen LogP contribution in [0.4, 0.5) is 0 Å². The van der Waals surface area contributed by atoms with Crippen LogP contribution in [0.3, 0.4) is 0 Å². The van der Waals surface area contributed by atoms with Crippen LogP contribution in [-0.2, 0) is 17.8 Å². The summed E-state index contributed by atoms with van der Waals surface area (Å²) in [6.45, 7) is 2.33. The largest absolute Gasteiger partial charge is 0.458 e. The summed E-state index contributed by atoms with van der Waals surface area (Å²) >= 11 is 1.59. The zero-order valence-electron chi connectivity index (χ0n) is 15.5. The first kappa shape index (κ1) is 18.2. The summed E-state index contributed by atoms with van der Waals surface area (Å²) in [7, 11) is 0. The number of aromatic nitrogens is 1. The van der Waals surface area contributed by atoms with Crippen molar-refractivity contribution in [1.82, 2.24) is 10.3 Å². The third-order valence-corrected chi connectivity index (χ3v) is 5.19. The minimum absolute atomic E-state index is 0.0325. The highest BCUT2D eigenvalue weighted by molar-refractivity contribution is 7.09. The molecule has 0 fully saturated rings. The van der Waals surface area contributed by atoms with Gasteiger partial charge in [0.15, 0.2) is 5.76 Å². The van der Waals surface area contributed by atoms with Crippen molar-refractivity contribution in [2.45, 2.75) is 19.9 Å². The van der Waals surface area contributed by atoms with Crippen molar-refractivity contribution in [2.75, 3.05) is 0 Å². The van der Waals surface area contributed by atoms with E-state index in [-0.39, 0.29) is 5.91 Å². The van der Waals surface area contributed by atoms with Crippen LogP contribution in [0.5, 0.6) is 0 Å². The molecule has 5 heteroatoms. The number of thiazole rings is 1. The number of amides is 1. The van der Waals surface area contributed by atoms with Gasteiger partial charge >= 0.3 is 0 Å². The van der Waals surface area contributed by atoms with Gasteiger partial charge in [-0.15, -0.1) is 11.3 Å². The first-order chi connectivity index (χ1) is 13.7. The number of aryl methyl sites for hydroxylation is 1. The molecule has 4 nitrogen and oxygen atoms in total. The molecule has 4 rings (SSSR count). The van der Waals surface area contributed by atoms with Gasteiger partial charge in [-0.25, -0.2) is 4.98 Å². The highest BCUT2D eigenvalue weighted by Gasteiger charge is 2.09. The molecule has 0 bridgehead atoms. The van der Waals surface area contributed by atoms with E-state index >= 15 is 0 Å². The molecule has 0 aliphatic heterocycles. The molecular formula is C23H20N2O2S. The predicted molar refractivity (Wildman–Crippen MR) is 112 cm³/mol. The van der Waals surface area contributed by atoms with Gasteiger partial charge in [-0.2, -0.15) is 0 Å². The molecule has 2 aromatic heterocycles. The summed E-state index contributed by atoms with van der Waals surface area (Å²) in [5.41, 5.74) is 4.13. The van der Waals surface area contributed by atoms with E-state index in [0.29, 0.717) is 18.7 Å². The standard InChI is InChI=1S/C23H20N2O2S/c1-16-25-21(15-28-16)22-12-11-20(27-22)14-24-23(26)13-17-7-9-19(10-8-17)18-5-3-2-4-6-18/h2-12,15H,13-14H2,1H3,(H,24,26). The van der Waals surface area contributed by atoms with Crippen LogP contribution in [0.1, 0.15) is 16.3 Å². The van der Waals surface area contributed by atoms with Crippen molar-refractivity contribution in [3.8, 4) is 22.6 Å². The Kier molecular flexibility index (Phi) is 5.35. The van der Waals surface area contributed by atoms with Crippen molar-refractivity contribution >= 4 is 17.2 Å². The van der Waals surface area contributed by atoms with Crippen LogP contribution in [0.25, 0.3) is 22.6 Å². The maximum Gasteiger partial charge on any atom is 0.224 e. The average Bonchev–Trinajstić information content (AvgIpc) is 3.36. The summed E-state index contributed by atoms with van der Waals surface area (Å²) in [5, 5.41) is 5.88. The second-order valence-corrected chi connectivity index (χ2v) is 7.60. The van der Waals surface area contributed by atoms with Crippen molar-refractivity contribution in [3.05, 3.63) is 88.4 Å². The highest BCUT2D eigenvalue weighted by Crippen LogP contribution is 2.24. The molecule has 0 saturated carbocycles. The maximum atomic E-state index is 12.3. The fraction of sp³-hybridized carbons (Fsp3) is 0.130. The molecule has 0 aliphatic rings. The van der Waals surface area contributed by atoms with E-state index in [9.17, 15) is 4.79 Å². The van der Waals surface area contributed by atoms with Crippen molar-refractivity contribution in [1.29, 1.82) is 0 Å². The quantitative estimate of drug-likeness (QED) is 0.492. The molecule has 0 saturated heterocycles. The van der Waals surface area contributed by atoms with E-state index < -0.39 is 0 Å². The van der Waals surface area contributed by atoms with E-state index in [0.717, 1.165) is 27.6 Å². The van der Waals surface area contributed by atoms with Crippen LogP contribution in [0.2, 0.25) is 0 Å². The Morgan fingerprint density at radius 2 is 1.75 bits per heavy atom. The lowest BCUT2D eigenvalue weighted by Crippen LogP contribution is -2.24. The number of hydrogen-bond donors (Lipinski definition) is 1. The zero-order chi connectivity index (χ0) is 19.3. The van der Waals surface area contributed by atoms with Crippen molar-refractivity contribution in [2.24, 2.45) is 0 Å². The summed E-state index contributed by atoms with van der Waals surface area (Å²) in [4.78, 5) is 16.7. The van der Waals surface area contributed by atoms with Crippen LogP contribution in [-0.4, -0.2) is 10.9 Å². The van der Waals surface area contributed by atoms with Gasteiger partial charge < -0.3 is 9.73 Å². The Morgan fingerprint density at radius 1 is 1.00 bits per heavy atom. The predicted octanol–water partition coefficient (Wildman–Crippen LogP) is 5.24. The van der Waals surface area contributed by atoms with E-state index in [2.05, 4.69) is 22.4 Å². The van der Waals surface area contributed by atoms with Crippen LogP contribution >= 0.6 is 11.3 Å². The van der Waals surface area contributed by atoms with Crippen LogP contribution in [0, 0.1) is 6.92 Å². The first-order valence-corrected chi connectivity index (χ1v) is 9.97. The number of carbonyl (C=O) groups is 1. The second-order valence-electron chi connectivity index (χ2n) is 6.53. The lowest BCUT2D eigenvalue weighted by Gasteiger charge is -2.06. The number of rotatable bonds is 6. The molecule has 0 radical (unpaired) electrons. The lowest BCUT2D eigenvalue weighted by atomic mass is 10.0. The Morgan fingerprint density at radius 3 is 2.46 bits per heavy atom. The van der Waals surface area contributed by atoms with Gasteiger partial charge in [0, 0.05) is 5.38 Å². The van der Waals surface area contributed by atoms with Gasteiger partial charge in [0.25, 0.3) is 0 Å². The first-order valence-electron chi connectivity index (χ1n) is 9.10. The molecule has 1 N–H and O–H groups in total. The maximum absolute atomic E-state index is 12.3. The number of hydrogen-bond acceptors (Lipinski definition) is 4. The Balaban J connectivity index is 1.32. The molecule has 2 heterocycles. The molecule has 140 valence electrons. The average molecular weight is 388 g/mol. The number of carbonyl (C=O) groups excluding carboxylic acids is 1. The number of benzene rings is 2. The molecule has 2 aromatic carbocycles. The van der Waals surface area contributed by atoms with Gasteiger partial charge in [-0.3, -0.25) is 4.79 Å². The highest BCUT2D eigenvalue weighted by atomic mass is 32.1. The molecule has 1 amide bonds. The summed E-state index contributed by atoms with van der Waals surface area (Å²) in [6, 6.07) is 22.0. The van der Waals surface area contributed by atoms with E-state index in [1.54, 1.807) is 11.3 Å². The van der Waals surface area contributed by atoms with E-state index in [1.807, 2.05) is 66.9 Å². The minimum atomic E-state index is -0.0325.